The molecule has 1 fully saturated rings. The van der Waals surface area contributed by atoms with Gasteiger partial charge in [-0.15, -0.1) is 0 Å². The first-order valence-corrected chi connectivity index (χ1v) is 9.06. The zero-order valence-electron chi connectivity index (χ0n) is 15.4. The molecule has 0 amide bonds. The minimum atomic E-state index is -4.38. The van der Waals surface area contributed by atoms with Crippen molar-refractivity contribution in [3.05, 3.63) is 53.5 Å². The predicted molar refractivity (Wildman–Crippen MR) is 96.6 cm³/mol. The molecule has 3 unspecified atom stereocenters. The fourth-order valence-electron chi connectivity index (χ4n) is 3.08. The third kappa shape index (κ3) is 5.48. The van der Waals surface area contributed by atoms with Gasteiger partial charge in [0.15, 0.2) is 0 Å². The number of rotatable bonds is 8. The van der Waals surface area contributed by atoms with Crippen LogP contribution in [0.3, 0.4) is 0 Å². The molecule has 1 aromatic heterocycles. The number of alkyl halides is 3. The summed E-state index contributed by atoms with van der Waals surface area (Å²) in [6, 6.07) is 8.31. The molecule has 2 aromatic rings. The highest BCUT2D eigenvalue weighted by Crippen LogP contribution is 2.30. The van der Waals surface area contributed by atoms with E-state index in [4.69, 9.17) is 9.15 Å². The molecule has 9 heteroatoms. The molecular weight excluding hydrogens is 375 g/mol. The molecule has 1 aromatic carbocycles. The summed E-state index contributed by atoms with van der Waals surface area (Å²) < 4.78 is 48.6. The summed E-state index contributed by atoms with van der Waals surface area (Å²) in [4.78, 5) is 0. The Kier molecular flexibility index (Phi) is 6.61. The lowest BCUT2D eigenvalue weighted by Gasteiger charge is -2.19. The Morgan fingerprint density at radius 1 is 1.25 bits per heavy atom. The molecule has 154 valence electrons. The Balaban J connectivity index is 1.39. The van der Waals surface area contributed by atoms with E-state index in [0.717, 1.165) is 30.2 Å². The van der Waals surface area contributed by atoms with Gasteiger partial charge in [-0.2, -0.15) is 13.2 Å². The molecule has 1 aliphatic rings. The molecule has 28 heavy (non-hydrogen) atoms. The van der Waals surface area contributed by atoms with Gasteiger partial charge >= 0.3 is 6.18 Å². The van der Waals surface area contributed by atoms with Crippen molar-refractivity contribution in [3.8, 4) is 5.75 Å². The van der Waals surface area contributed by atoms with Crippen molar-refractivity contribution in [2.24, 2.45) is 5.92 Å². The lowest BCUT2D eigenvalue weighted by Crippen LogP contribution is -2.36. The largest absolute Gasteiger partial charge is 0.491 e. The number of halogens is 3. The molecule has 0 aliphatic carbocycles. The monoisotopic (exact) mass is 399 g/mol. The quantitative estimate of drug-likeness (QED) is 0.546. The molecule has 0 radical (unpaired) electrons. The van der Waals surface area contributed by atoms with Crippen LogP contribution in [-0.2, 0) is 6.18 Å². The third-order valence-corrected chi connectivity index (χ3v) is 4.57. The van der Waals surface area contributed by atoms with Gasteiger partial charge in [0.25, 0.3) is 0 Å². The first-order valence-electron chi connectivity index (χ1n) is 9.06. The first-order chi connectivity index (χ1) is 13.3. The maximum atomic E-state index is 12.5. The number of aliphatic hydroxyl groups excluding tert-OH is 1. The molecule has 0 saturated carbocycles. The fraction of sp³-hybridized carbons (Fsp3) is 0.474. The second-order valence-corrected chi connectivity index (χ2v) is 6.86. The van der Waals surface area contributed by atoms with Crippen LogP contribution in [0, 0.1) is 12.8 Å². The van der Waals surface area contributed by atoms with Crippen molar-refractivity contribution in [1.82, 2.24) is 16.2 Å². The predicted octanol–water partition coefficient (Wildman–Crippen LogP) is 2.40. The SMILES string of the molecule is Cc1ccc(C2NNCC2CNCC(O)COc2ccc(C(F)(F)F)cc2)o1. The zero-order valence-corrected chi connectivity index (χ0v) is 15.4. The second kappa shape index (κ2) is 8.95. The van der Waals surface area contributed by atoms with Crippen LogP contribution in [0.15, 0.2) is 40.8 Å². The van der Waals surface area contributed by atoms with Gasteiger partial charge in [-0.3, -0.25) is 5.43 Å². The van der Waals surface area contributed by atoms with Gasteiger partial charge in [0.1, 0.15) is 30.0 Å². The molecule has 1 aliphatic heterocycles. The third-order valence-electron chi connectivity index (χ3n) is 4.57. The van der Waals surface area contributed by atoms with Crippen LogP contribution in [0.25, 0.3) is 0 Å². The van der Waals surface area contributed by atoms with Crippen molar-refractivity contribution in [2.45, 2.75) is 25.2 Å². The number of ether oxygens (including phenoxy) is 1. The average Bonchev–Trinajstić information content (AvgIpc) is 3.28. The minimum Gasteiger partial charge on any atom is -0.491 e. The summed E-state index contributed by atoms with van der Waals surface area (Å²) in [5.41, 5.74) is 5.56. The number of benzene rings is 1. The number of aliphatic hydroxyl groups is 1. The van der Waals surface area contributed by atoms with Gasteiger partial charge in [0.05, 0.1) is 11.6 Å². The molecule has 3 rings (SSSR count). The standard InChI is InChI=1S/C19H24F3N3O3/c1-12-2-7-17(28-12)18-13(9-24-25-18)8-23-10-15(26)11-27-16-5-3-14(4-6-16)19(20,21)22/h2-7,13,15,18,23-26H,8-11H2,1H3. The fourth-order valence-corrected chi connectivity index (χ4v) is 3.08. The topological polar surface area (TPSA) is 78.7 Å². The van der Waals surface area contributed by atoms with Crippen molar-refractivity contribution in [2.75, 3.05) is 26.2 Å². The van der Waals surface area contributed by atoms with Crippen LogP contribution in [0.5, 0.6) is 5.75 Å². The maximum absolute atomic E-state index is 12.5. The number of hydrazine groups is 1. The summed E-state index contributed by atoms with van der Waals surface area (Å²) in [5, 5.41) is 13.2. The summed E-state index contributed by atoms with van der Waals surface area (Å²) in [7, 11) is 0. The van der Waals surface area contributed by atoms with Gasteiger partial charge < -0.3 is 19.6 Å². The van der Waals surface area contributed by atoms with Crippen molar-refractivity contribution >= 4 is 0 Å². The minimum absolute atomic E-state index is 0.0136. The Labute approximate surface area is 161 Å². The first kappa shape index (κ1) is 20.7. The summed E-state index contributed by atoms with van der Waals surface area (Å²) >= 11 is 0. The van der Waals surface area contributed by atoms with Crippen molar-refractivity contribution < 1.29 is 27.4 Å². The summed E-state index contributed by atoms with van der Waals surface area (Å²) in [6.45, 7) is 3.60. The molecule has 6 nitrogen and oxygen atoms in total. The van der Waals surface area contributed by atoms with Crippen molar-refractivity contribution in [3.63, 3.8) is 0 Å². The van der Waals surface area contributed by atoms with E-state index in [9.17, 15) is 18.3 Å². The molecule has 3 atom stereocenters. The Morgan fingerprint density at radius 2 is 2.00 bits per heavy atom. The number of hydrogen-bond donors (Lipinski definition) is 4. The summed E-state index contributed by atoms with van der Waals surface area (Å²) in [6.07, 6.45) is -5.16. The van der Waals surface area contributed by atoms with Crippen LogP contribution in [0.1, 0.15) is 23.1 Å². The molecular formula is C19H24F3N3O3. The van der Waals surface area contributed by atoms with E-state index in [-0.39, 0.29) is 24.3 Å². The van der Waals surface area contributed by atoms with Gasteiger partial charge in [0.2, 0.25) is 0 Å². The van der Waals surface area contributed by atoms with Gasteiger partial charge in [-0.1, -0.05) is 0 Å². The van der Waals surface area contributed by atoms with E-state index in [1.165, 1.54) is 12.1 Å². The van der Waals surface area contributed by atoms with E-state index in [1.807, 2.05) is 19.1 Å². The highest BCUT2D eigenvalue weighted by Gasteiger charge is 2.31. The molecule has 2 heterocycles. The van der Waals surface area contributed by atoms with E-state index in [2.05, 4.69) is 16.2 Å². The van der Waals surface area contributed by atoms with Crippen LogP contribution in [-0.4, -0.2) is 37.5 Å². The van der Waals surface area contributed by atoms with Crippen LogP contribution in [0.4, 0.5) is 13.2 Å². The number of aryl methyl sites for hydroxylation is 1. The van der Waals surface area contributed by atoms with Crippen molar-refractivity contribution in [1.29, 1.82) is 0 Å². The van der Waals surface area contributed by atoms with Crippen LogP contribution < -0.4 is 20.9 Å². The van der Waals surface area contributed by atoms with E-state index < -0.39 is 17.8 Å². The average molecular weight is 399 g/mol. The number of hydrogen-bond acceptors (Lipinski definition) is 6. The molecule has 0 spiro atoms. The Bertz CT molecular complexity index is 749. The molecule has 1 saturated heterocycles. The summed E-state index contributed by atoms with van der Waals surface area (Å²) in [5.74, 6) is 2.24. The van der Waals surface area contributed by atoms with Gasteiger partial charge in [0, 0.05) is 25.6 Å². The number of furan rings is 1. The zero-order chi connectivity index (χ0) is 20.1. The maximum Gasteiger partial charge on any atom is 0.416 e. The molecule has 0 bridgehead atoms. The smallest absolute Gasteiger partial charge is 0.416 e. The lowest BCUT2D eigenvalue weighted by atomic mass is 10.00. The number of nitrogens with one attached hydrogen (secondary N) is 3. The van der Waals surface area contributed by atoms with Gasteiger partial charge in [-0.05, 0) is 43.3 Å². The van der Waals surface area contributed by atoms with Crippen LogP contribution >= 0.6 is 0 Å². The lowest BCUT2D eigenvalue weighted by molar-refractivity contribution is -0.137. The van der Waals surface area contributed by atoms with Gasteiger partial charge in [-0.25, -0.2) is 5.43 Å². The normalized spacial score (nSPS) is 21.0. The second-order valence-electron chi connectivity index (χ2n) is 6.86. The Morgan fingerprint density at radius 3 is 2.64 bits per heavy atom. The Hall–Kier alpha value is -2.07. The van der Waals surface area contributed by atoms with Crippen LogP contribution in [0.2, 0.25) is 0 Å². The van der Waals surface area contributed by atoms with E-state index in [0.29, 0.717) is 13.1 Å². The highest BCUT2D eigenvalue weighted by atomic mass is 19.4. The molecule has 4 N–H and O–H groups in total. The van der Waals surface area contributed by atoms with E-state index in [1.54, 1.807) is 0 Å². The highest BCUT2D eigenvalue weighted by molar-refractivity contribution is 5.28. The van der Waals surface area contributed by atoms with E-state index >= 15 is 0 Å².